The molecule has 0 aromatic rings. The third-order valence-electron chi connectivity index (χ3n) is 3.77. The molecule has 2 aliphatic rings. The third kappa shape index (κ3) is 2.09. The van der Waals surface area contributed by atoms with Crippen LogP contribution in [0.4, 0.5) is 0 Å². The van der Waals surface area contributed by atoms with Crippen molar-refractivity contribution in [1.29, 1.82) is 5.26 Å². The van der Waals surface area contributed by atoms with Gasteiger partial charge in [-0.05, 0) is 38.8 Å². The van der Waals surface area contributed by atoms with Gasteiger partial charge in [0.1, 0.15) is 0 Å². The first kappa shape index (κ1) is 9.98. The molecule has 0 aromatic heterocycles. The highest BCUT2D eigenvalue weighted by Crippen LogP contribution is 2.41. The average Bonchev–Trinajstić information content (AvgIpc) is 2.39. The summed E-state index contributed by atoms with van der Waals surface area (Å²) in [5.41, 5.74) is 0.0460. The number of likely N-dealkylation sites (tertiary alicyclic amines) is 1. The van der Waals surface area contributed by atoms with Gasteiger partial charge in [-0.2, -0.15) is 5.26 Å². The van der Waals surface area contributed by atoms with E-state index in [0.29, 0.717) is 0 Å². The van der Waals surface area contributed by atoms with Gasteiger partial charge < -0.3 is 4.90 Å². The molecule has 2 nitrogen and oxygen atoms in total. The Hall–Kier alpha value is -0.550. The van der Waals surface area contributed by atoms with Crippen LogP contribution in [0.3, 0.4) is 0 Å². The number of nitrogens with zero attached hydrogens (tertiary/aromatic N) is 2. The highest BCUT2D eigenvalue weighted by atomic mass is 15.1. The van der Waals surface area contributed by atoms with Crippen LogP contribution in [0.25, 0.3) is 0 Å². The summed E-state index contributed by atoms with van der Waals surface area (Å²) in [6, 6.07) is 2.54. The van der Waals surface area contributed by atoms with Gasteiger partial charge in [-0.1, -0.05) is 19.3 Å². The van der Waals surface area contributed by atoms with E-state index in [9.17, 15) is 0 Å². The Kier molecular flexibility index (Phi) is 3.08. The summed E-state index contributed by atoms with van der Waals surface area (Å²) in [6.45, 7) is 3.50. The lowest BCUT2D eigenvalue weighted by molar-refractivity contribution is 0.123. The zero-order chi connectivity index (χ0) is 9.86. The average molecular weight is 192 g/mol. The molecule has 2 heteroatoms. The molecular weight excluding hydrogens is 172 g/mol. The van der Waals surface area contributed by atoms with Crippen LogP contribution >= 0.6 is 0 Å². The maximum atomic E-state index is 9.16. The van der Waals surface area contributed by atoms with Crippen LogP contribution in [0.15, 0.2) is 0 Å². The number of nitriles is 1. The molecule has 2 rings (SSSR count). The number of hydrogen-bond acceptors (Lipinski definition) is 2. The van der Waals surface area contributed by atoms with Crippen molar-refractivity contribution in [3.8, 4) is 6.07 Å². The minimum atomic E-state index is 0.0460. The van der Waals surface area contributed by atoms with Gasteiger partial charge in [0.05, 0.1) is 11.5 Å². The maximum absolute atomic E-state index is 9.16. The molecule has 1 aliphatic carbocycles. The summed E-state index contributed by atoms with van der Waals surface area (Å²) in [5, 5.41) is 9.16. The van der Waals surface area contributed by atoms with E-state index in [1.807, 2.05) is 0 Å². The SMILES string of the molecule is N#CC1(CN2CCCCCC2)CCC1. The predicted octanol–water partition coefficient (Wildman–Crippen LogP) is 2.56. The van der Waals surface area contributed by atoms with Crippen LogP contribution in [0.5, 0.6) is 0 Å². The van der Waals surface area contributed by atoms with Crippen molar-refractivity contribution >= 4 is 0 Å². The maximum Gasteiger partial charge on any atom is 0.0703 e. The Bertz CT molecular complexity index is 217. The highest BCUT2D eigenvalue weighted by Gasteiger charge is 2.38. The van der Waals surface area contributed by atoms with E-state index in [-0.39, 0.29) is 5.41 Å². The fraction of sp³-hybridized carbons (Fsp3) is 0.917. The van der Waals surface area contributed by atoms with Gasteiger partial charge in [0.15, 0.2) is 0 Å². The van der Waals surface area contributed by atoms with Gasteiger partial charge in [0.2, 0.25) is 0 Å². The smallest absolute Gasteiger partial charge is 0.0703 e. The van der Waals surface area contributed by atoms with Gasteiger partial charge in [-0.3, -0.25) is 0 Å². The molecule has 0 unspecified atom stereocenters. The summed E-state index contributed by atoms with van der Waals surface area (Å²) in [5.74, 6) is 0. The second kappa shape index (κ2) is 4.31. The first-order valence-electron chi connectivity index (χ1n) is 5.98. The lowest BCUT2D eigenvalue weighted by Crippen LogP contribution is -2.41. The van der Waals surface area contributed by atoms with Gasteiger partial charge in [-0.25, -0.2) is 0 Å². The molecular formula is C12H20N2. The summed E-state index contributed by atoms with van der Waals surface area (Å²) < 4.78 is 0. The zero-order valence-electron chi connectivity index (χ0n) is 8.97. The molecule has 0 aromatic carbocycles. The summed E-state index contributed by atoms with van der Waals surface area (Å²) in [7, 11) is 0. The molecule has 0 radical (unpaired) electrons. The molecule has 1 saturated carbocycles. The molecule has 0 bridgehead atoms. The standard InChI is InChI=1S/C12H20N2/c13-10-12(6-5-7-12)11-14-8-3-1-2-4-9-14/h1-9,11H2. The second-order valence-electron chi connectivity index (χ2n) is 4.94. The predicted molar refractivity (Wildman–Crippen MR) is 56.8 cm³/mol. The zero-order valence-corrected chi connectivity index (χ0v) is 8.97. The van der Waals surface area contributed by atoms with Crippen molar-refractivity contribution in [2.75, 3.05) is 19.6 Å². The Morgan fingerprint density at radius 1 is 1.00 bits per heavy atom. The Morgan fingerprint density at radius 2 is 1.64 bits per heavy atom. The topological polar surface area (TPSA) is 27.0 Å². The van der Waals surface area contributed by atoms with Crippen molar-refractivity contribution in [2.45, 2.75) is 44.9 Å². The summed E-state index contributed by atoms with van der Waals surface area (Å²) in [6.07, 6.45) is 8.98. The Balaban J connectivity index is 1.86. The first-order chi connectivity index (χ1) is 6.85. The van der Waals surface area contributed by atoms with Gasteiger partial charge >= 0.3 is 0 Å². The molecule has 1 saturated heterocycles. The van der Waals surface area contributed by atoms with E-state index in [2.05, 4.69) is 11.0 Å². The summed E-state index contributed by atoms with van der Waals surface area (Å²) >= 11 is 0. The van der Waals surface area contributed by atoms with Crippen LogP contribution in [0, 0.1) is 16.7 Å². The van der Waals surface area contributed by atoms with E-state index >= 15 is 0 Å². The molecule has 1 heterocycles. The molecule has 0 atom stereocenters. The molecule has 2 fully saturated rings. The number of rotatable bonds is 2. The molecule has 0 spiro atoms. The van der Waals surface area contributed by atoms with E-state index in [0.717, 1.165) is 19.4 Å². The first-order valence-corrected chi connectivity index (χ1v) is 5.98. The van der Waals surface area contributed by atoms with E-state index in [4.69, 9.17) is 5.26 Å². The van der Waals surface area contributed by atoms with Crippen LogP contribution in [-0.4, -0.2) is 24.5 Å². The van der Waals surface area contributed by atoms with Crippen LogP contribution in [-0.2, 0) is 0 Å². The Morgan fingerprint density at radius 3 is 2.07 bits per heavy atom. The number of hydrogen-bond donors (Lipinski definition) is 0. The van der Waals surface area contributed by atoms with Crippen LogP contribution < -0.4 is 0 Å². The van der Waals surface area contributed by atoms with Crippen LogP contribution in [0.1, 0.15) is 44.9 Å². The van der Waals surface area contributed by atoms with Crippen LogP contribution in [0.2, 0.25) is 0 Å². The molecule has 14 heavy (non-hydrogen) atoms. The van der Waals surface area contributed by atoms with Gasteiger partial charge in [0.25, 0.3) is 0 Å². The minimum Gasteiger partial charge on any atom is -0.302 e. The molecule has 0 amide bonds. The molecule has 78 valence electrons. The largest absolute Gasteiger partial charge is 0.302 e. The van der Waals surface area contributed by atoms with Gasteiger partial charge in [-0.15, -0.1) is 0 Å². The van der Waals surface area contributed by atoms with E-state index in [1.165, 1.54) is 45.2 Å². The van der Waals surface area contributed by atoms with Crippen molar-refractivity contribution < 1.29 is 0 Å². The van der Waals surface area contributed by atoms with E-state index < -0.39 is 0 Å². The van der Waals surface area contributed by atoms with Crippen molar-refractivity contribution in [1.82, 2.24) is 4.90 Å². The summed E-state index contributed by atoms with van der Waals surface area (Å²) in [4.78, 5) is 2.52. The Labute approximate surface area is 86.9 Å². The highest BCUT2D eigenvalue weighted by molar-refractivity contribution is 5.06. The minimum absolute atomic E-state index is 0.0460. The van der Waals surface area contributed by atoms with Gasteiger partial charge in [0, 0.05) is 6.54 Å². The van der Waals surface area contributed by atoms with E-state index in [1.54, 1.807) is 0 Å². The quantitative estimate of drug-likeness (QED) is 0.672. The molecule has 0 N–H and O–H groups in total. The fourth-order valence-corrected chi connectivity index (χ4v) is 2.63. The lowest BCUT2D eigenvalue weighted by atomic mass is 9.69. The monoisotopic (exact) mass is 192 g/mol. The van der Waals surface area contributed by atoms with Crippen molar-refractivity contribution in [3.63, 3.8) is 0 Å². The normalized spacial score (nSPS) is 27.4. The van der Waals surface area contributed by atoms with Crippen molar-refractivity contribution in [2.24, 2.45) is 5.41 Å². The lowest BCUT2D eigenvalue weighted by Gasteiger charge is -2.39. The van der Waals surface area contributed by atoms with Crippen molar-refractivity contribution in [3.05, 3.63) is 0 Å². The second-order valence-corrected chi connectivity index (χ2v) is 4.94. The molecule has 1 aliphatic heterocycles. The fourth-order valence-electron chi connectivity index (χ4n) is 2.63. The third-order valence-corrected chi connectivity index (χ3v) is 3.77.